The highest BCUT2D eigenvalue weighted by atomic mass is 32.2. The van der Waals surface area contributed by atoms with Gasteiger partial charge in [0.25, 0.3) is 5.91 Å². The highest BCUT2D eigenvalue weighted by molar-refractivity contribution is 8.26. The Morgan fingerprint density at radius 3 is 2.68 bits per heavy atom. The van der Waals surface area contributed by atoms with Gasteiger partial charge in [-0.1, -0.05) is 30.0 Å². The second-order valence-electron chi connectivity index (χ2n) is 4.43. The Labute approximate surface area is 134 Å². The van der Waals surface area contributed by atoms with Gasteiger partial charge in [-0.2, -0.15) is 0 Å². The zero-order valence-electron chi connectivity index (χ0n) is 11.0. The number of hydrogen-bond acceptors (Lipinski definition) is 4. The van der Waals surface area contributed by atoms with Crippen LogP contribution < -0.4 is 5.32 Å². The van der Waals surface area contributed by atoms with Crippen LogP contribution in [0.4, 0.5) is 8.78 Å². The minimum absolute atomic E-state index is 0.268. The maximum absolute atomic E-state index is 13.3. The third-order valence-corrected chi connectivity index (χ3v) is 4.07. The quantitative estimate of drug-likeness (QED) is 0.674. The largest absolute Gasteiger partial charge is 0.307 e. The number of benzene rings is 1. The Kier molecular flexibility index (Phi) is 4.00. The van der Waals surface area contributed by atoms with E-state index < -0.39 is 11.6 Å². The molecule has 3 rings (SSSR count). The molecule has 1 amide bonds. The van der Waals surface area contributed by atoms with Crippen molar-refractivity contribution in [3.05, 3.63) is 58.6 Å². The second kappa shape index (κ2) is 5.94. The highest BCUT2D eigenvalue weighted by Gasteiger charge is 2.22. The number of thioether (sulfide) groups is 1. The van der Waals surface area contributed by atoms with E-state index in [2.05, 4.69) is 10.3 Å². The lowest BCUT2D eigenvalue weighted by atomic mass is 10.1. The molecule has 0 saturated carbocycles. The molecule has 0 spiro atoms. The first-order valence-corrected chi connectivity index (χ1v) is 7.43. The Balaban J connectivity index is 1.96. The summed E-state index contributed by atoms with van der Waals surface area (Å²) in [7, 11) is 0. The van der Waals surface area contributed by atoms with Gasteiger partial charge in [-0.25, -0.2) is 13.8 Å². The van der Waals surface area contributed by atoms with Crippen LogP contribution in [0.3, 0.4) is 0 Å². The van der Waals surface area contributed by atoms with Crippen molar-refractivity contribution in [3.63, 3.8) is 0 Å². The maximum Gasteiger partial charge on any atom is 0.263 e. The summed E-state index contributed by atoms with van der Waals surface area (Å²) in [5, 5.41) is 2.52. The normalized spacial score (nSPS) is 16.2. The van der Waals surface area contributed by atoms with Crippen LogP contribution in [-0.4, -0.2) is 15.2 Å². The van der Waals surface area contributed by atoms with Crippen LogP contribution in [0.1, 0.15) is 5.69 Å². The maximum atomic E-state index is 13.3. The van der Waals surface area contributed by atoms with Crippen LogP contribution >= 0.6 is 24.0 Å². The van der Waals surface area contributed by atoms with Crippen molar-refractivity contribution < 1.29 is 13.6 Å². The summed E-state index contributed by atoms with van der Waals surface area (Å²) in [6, 6.07) is 8.71. The van der Waals surface area contributed by atoms with E-state index in [1.807, 2.05) is 0 Å². The van der Waals surface area contributed by atoms with Crippen LogP contribution in [0.2, 0.25) is 0 Å². The molecule has 1 aliphatic rings. The standard InChI is InChI=1S/C15H8F2N2OS2/c16-10-5-4-8(6-11(10)17)12-3-1-2-9(18-12)7-13-14(20)19-15(21)22-13/h1-7H,(H,19,20,21)/b13-7-. The average molecular weight is 334 g/mol. The topological polar surface area (TPSA) is 42.0 Å². The molecule has 1 N–H and O–H groups in total. The fraction of sp³-hybridized carbons (Fsp3) is 0. The summed E-state index contributed by atoms with van der Waals surface area (Å²) in [4.78, 5) is 16.4. The van der Waals surface area contributed by atoms with Crippen molar-refractivity contribution in [1.82, 2.24) is 10.3 Å². The SMILES string of the molecule is O=C1NC(=S)S/C1=C\c1cccc(-c2ccc(F)c(F)c2)n1. The Morgan fingerprint density at radius 2 is 2.00 bits per heavy atom. The molecule has 1 saturated heterocycles. The van der Waals surface area contributed by atoms with Gasteiger partial charge in [0, 0.05) is 5.56 Å². The molecule has 1 aromatic heterocycles. The first-order valence-electron chi connectivity index (χ1n) is 6.20. The molecular formula is C15H8F2N2OS2. The van der Waals surface area contributed by atoms with Crippen LogP contribution in [0.5, 0.6) is 0 Å². The summed E-state index contributed by atoms with van der Waals surface area (Å²) in [5.74, 6) is -2.11. The molecule has 0 radical (unpaired) electrons. The van der Waals surface area contributed by atoms with Crippen LogP contribution in [0.15, 0.2) is 41.3 Å². The number of halogens is 2. The fourth-order valence-electron chi connectivity index (χ4n) is 1.90. The fourth-order valence-corrected chi connectivity index (χ4v) is 2.93. The molecule has 0 bridgehead atoms. The van der Waals surface area contributed by atoms with Gasteiger partial charge in [0.2, 0.25) is 0 Å². The number of thiocarbonyl (C=S) groups is 1. The van der Waals surface area contributed by atoms with Crippen molar-refractivity contribution in [2.24, 2.45) is 0 Å². The third kappa shape index (κ3) is 3.05. The van der Waals surface area contributed by atoms with Gasteiger partial charge >= 0.3 is 0 Å². The Hall–Kier alpha value is -2.12. The number of nitrogens with zero attached hydrogens (tertiary/aromatic N) is 1. The summed E-state index contributed by atoms with van der Waals surface area (Å²) in [6.45, 7) is 0. The molecule has 22 heavy (non-hydrogen) atoms. The van der Waals surface area contributed by atoms with Crippen LogP contribution in [-0.2, 0) is 4.79 Å². The Bertz CT molecular complexity index is 821. The molecule has 0 aliphatic carbocycles. The van der Waals surface area contributed by atoms with Crippen LogP contribution in [0.25, 0.3) is 17.3 Å². The number of pyridine rings is 1. The lowest BCUT2D eigenvalue weighted by Crippen LogP contribution is -2.17. The minimum Gasteiger partial charge on any atom is -0.307 e. The predicted octanol–water partition coefficient (Wildman–Crippen LogP) is 3.52. The smallest absolute Gasteiger partial charge is 0.263 e. The van der Waals surface area contributed by atoms with Crippen LogP contribution in [0, 0.1) is 11.6 Å². The lowest BCUT2D eigenvalue weighted by molar-refractivity contribution is -0.115. The number of amides is 1. The van der Waals surface area contributed by atoms with Gasteiger partial charge in [-0.3, -0.25) is 4.79 Å². The molecule has 7 heteroatoms. The lowest BCUT2D eigenvalue weighted by Gasteiger charge is -2.03. The van der Waals surface area contributed by atoms with Crippen molar-refractivity contribution in [1.29, 1.82) is 0 Å². The molecule has 0 atom stereocenters. The van der Waals surface area contributed by atoms with E-state index in [9.17, 15) is 13.6 Å². The first-order chi connectivity index (χ1) is 10.5. The van der Waals surface area contributed by atoms with E-state index >= 15 is 0 Å². The molecule has 0 unspecified atom stereocenters. The van der Waals surface area contributed by atoms with Gasteiger partial charge in [0.05, 0.1) is 16.3 Å². The molecule has 110 valence electrons. The van der Waals surface area contributed by atoms with E-state index in [-0.39, 0.29) is 5.91 Å². The number of nitrogens with one attached hydrogen (secondary N) is 1. The average Bonchev–Trinajstić information content (AvgIpc) is 2.80. The first kappa shape index (κ1) is 14.8. The highest BCUT2D eigenvalue weighted by Crippen LogP contribution is 2.26. The second-order valence-corrected chi connectivity index (χ2v) is 6.15. The van der Waals surface area contributed by atoms with E-state index in [0.29, 0.717) is 26.2 Å². The van der Waals surface area contributed by atoms with Crippen molar-refractivity contribution in [2.45, 2.75) is 0 Å². The molecule has 2 heterocycles. The van der Waals surface area contributed by atoms with Gasteiger partial charge < -0.3 is 5.32 Å². The summed E-state index contributed by atoms with van der Waals surface area (Å²) in [6.07, 6.45) is 1.60. The molecule has 1 aliphatic heterocycles. The molecular weight excluding hydrogens is 326 g/mol. The molecule has 2 aromatic rings. The molecule has 1 fully saturated rings. The van der Waals surface area contributed by atoms with E-state index in [0.717, 1.165) is 23.9 Å². The summed E-state index contributed by atoms with van der Waals surface area (Å²) in [5.41, 5.74) is 1.47. The van der Waals surface area contributed by atoms with Gasteiger partial charge in [-0.05, 0) is 36.4 Å². The molecule has 1 aromatic carbocycles. The van der Waals surface area contributed by atoms with Crippen molar-refractivity contribution >= 4 is 40.3 Å². The van der Waals surface area contributed by atoms with E-state index in [4.69, 9.17) is 12.2 Å². The van der Waals surface area contributed by atoms with Gasteiger partial charge in [-0.15, -0.1) is 0 Å². The number of carbonyl (C=O) groups is 1. The zero-order valence-corrected chi connectivity index (χ0v) is 12.6. The molecule has 3 nitrogen and oxygen atoms in total. The predicted molar refractivity (Wildman–Crippen MR) is 85.9 cm³/mol. The number of rotatable bonds is 2. The third-order valence-electron chi connectivity index (χ3n) is 2.91. The van der Waals surface area contributed by atoms with E-state index in [1.54, 1.807) is 24.3 Å². The van der Waals surface area contributed by atoms with Gasteiger partial charge in [0.1, 0.15) is 4.32 Å². The van der Waals surface area contributed by atoms with Crippen molar-refractivity contribution in [3.8, 4) is 11.3 Å². The number of hydrogen-bond donors (Lipinski definition) is 1. The van der Waals surface area contributed by atoms with E-state index in [1.165, 1.54) is 6.07 Å². The zero-order chi connectivity index (χ0) is 15.7. The number of carbonyl (C=O) groups excluding carboxylic acids is 1. The minimum atomic E-state index is -0.931. The summed E-state index contributed by atoms with van der Waals surface area (Å²) >= 11 is 6.07. The number of aromatic nitrogens is 1. The Morgan fingerprint density at radius 1 is 1.18 bits per heavy atom. The van der Waals surface area contributed by atoms with Gasteiger partial charge in [0.15, 0.2) is 11.6 Å². The monoisotopic (exact) mass is 334 g/mol. The van der Waals surface area contributed by atoms with Crippen molar-refractivity contribution in [2.75, 3.05) is 0 Å². The summed E-state index contributed by atoms with van der Waals surface area (Å²) < 4.78 is 26.7.